The molecule has 0 radical (unpaired) electrons. The molecule has 0 spiro atoms. The Morgan fingerprint density at radius 3 is 2.57 bits per heavy atom. The van der Waals surface area contributed by atoms with E-state index in [-0.39, 0.29) is 5.92 Å². The number of carbonyl (C=O) groups excluding carboxylic acids is 1. The van der Waals surface area contributed by atoms with Gasteiger partial charge < -0.3 is 4.90 Å². The summed E-state index contributed by atoms with van der Waals surface area (Å²) in [5.74, 6) is 0.534. The predicted molar refractivity (Wildman–Crippen MR) is 92.1 cm³/mol. The first-order chi connectivity index (χ1) is 11.2. The van der Waals surface area contributed by atoms with E-state index in [1.807, 2.05) is 4.68 Å². The lowest BCUT2D eigenvalue weighted by atomic mass is 10.00. The van der Waals surface area contributed by atoms with Crippen LogP contribution in [0.3, 0.4) is 0 Å². The summed E-state index contributed by atoms with van der Waals surface area (Å²) in [6.45, 7) is 5.00. The summed E-state index contributed by atoms with van der Waals surface area (Å²) < 4.78 is 2.05. The van der Waals surface area contributed by atoms with Gasteiger partial charge in [0.2, 0.25) is 5.91 Å². The lowest BCUT2D eigenvalue weighted by Gasteiger charge is -2.31. The van der Waals surface area contributed by atoms with Crippen LogP contribution in [0, 0.1) is 5.92 Å². The summed E-state index contributed by atoms with van der Waals surface area (Å²) in [5, 5.41) is 4.76. The Kier molecular flexibility index (Phi) is 5.08. The minimum atomic E-state index is 0.173. The Labute approximate surface area is 140 Å². The van der Waals surface area contributed by atoms with Crippen LogP contribution in [0.2, 0.25) is 0 Å². The fourth-order valence-corrected chi connectivity index (χ4v) is 4.46. The zero-order valence-electron chi connectivity index (χ0n) is 15.0. The number of aryl methyl sites for hydroxylation is 1. The largest absolute Gasteiger partial charge is 0.333 e. The Balaban J connectivity index is 1.84. The molecule has 128 valence electrons. The summed E-state index contributed by atoms with van der Waals surface area (Å²) in [6.07, 6.45) is 10.3. The maximum atomic E-state index is 13.1. The molecule has 0 unspecified atom stereocenters. The third-order valence-electron chi connectivity index (χ3n) is 5.90. The molecule has 4 nitrogen and oxygen atoms in total. The lowest BCUT2D eigenvalue weighted by molar-refractivity contribution is -0.138. The second kappa shape index (κ2) is 7.06. The van der Waals surface area contributed by atoms with E-state index in [2.05, 4.69) is 25.8 Å². The molecule has 0 bridgehead atoms. The Morgan fingerprint density at radius 2 is 1.91 bits per heavy atom. The SMILES string of the molecule is CCC(CC)C(=O)N(Cc1nn(C)c2c1CCC2)C1CCCC1. The van der Waals surface area contributed by atoms with Gasteiger partial charge in [0.05, 0.1) is 12.2 Å². The van der Waals surface area contributed by atoms with Crippen LogP contribution in [-0.4, -0.2) is 26.6 Å². The molecule has 1 heterocycles. The van der Waals surface area contributed by atoms with Crippen molar-refractivity contribution in [2.24, 2.45) is 13.0 Å². The van der Waals surface area contributed by atoms with Crippen molar-refractivity contribution in [3.8, 4) is 0 Å². The highest BCUT2D eigenvalue weighted by Crippen LogP contribution is 2.30. The van der Waals surface area contributed by atoms with Gasteiger partial charge in [0, 0.05) is 24.7 Å². The van der Waals surface area contributed by atoms with Gasteiger partial charge in [0.15, 0.2) is 0 Å². The fourth-order valence-electron chi connectivity index (χ4n) is 4.46. The molecule has 0 aliphatic heterocycles. The van der Waals surface area contributed by atoms with Crippen LogP contribution in [0.1, 0.15) is 75.7 Å². The molecule has 2 aliphatic rings. The molecule has 0 N–H and O–H groups in total. The molecular formula is C19H31N3O. The second-order valence-corrected chi connectivity index (χ2v) is 7.27. The molecule has 0 aromatic carbocycles. The van der Waals surface area contributed by atoms with Crippen LogP contribution in [0.5, 0.6) is 0 Å². The number of rotatable bonds is 6. The lowest BCUT2D eigenvalue weighted by Crippen LogP contribution is -2.42. The maximum Gasteiger partial charge on any atom is 0.226 e. The van der Waals surface area contributed by atoms with Crippen LogP contribution in [-0.2, 0) is 31.2 Å². The van der Waals surface area contributed by atoms with Crippen molar-refractivity contribution in [1.82, 2.24) is 14.7 Å². The molecule has 1 fully saturated rings. The van der Waals surface area contributed by atoms with Gasteiger partial charge in [-0.05, 0) is 50.5 Å². The van der Waals surface area contributed by atoms with E-state index >= 15 is 0 Å². The number of aromatic nitrogens is 2. The molecule has 1 amide bonds. The van der Waals surface area contributed by atoms with Gasteiger partial charge in [-0.3, -0.25) is 9.48 Å². The van der Waals surface area contributed by atoms with Crippen molar-refractivity contribution in [3.63, 3.8) is 0 Å². The number of nitrogens with zero attached hydrogens (tertiary/aromatic N) is 3. The molecule has 3 rings (SSSR count). The normalized spacial score (nSPS) is 17.9. The standard InChI is InChI=1S/C19H31N3O/c1-4-14(5-2)19(23)22(15-9-6-7-10-15)13-17-16-11-8-12-18(16)21(3)20-17/h14-15H,4-13H2,1-3H3. The third kappa shape index (κ3) is 3.17. The van der Waals surface area contributed by atoms with E-state index in [4.69, 9.17) is 5.10 Å². The van der Waals surface area contributed by atoms with Crippen molar-refractivity contribution in [2.75, 3.05) is 0 Å². The van der Waals surface area contributed by atoms with E-state index in [1.165, 1.54) is 43.4 Å². The summed E-state index contributed by atoms with van der Waals surface area (Å²) in [4.78, 5) is 15.3. The molecule has 23 heavy (non-hydrogen) atoms. The second-order valence-electron chi connectivity index (χ2n) is 7.27. The minimum absolute atomic E-state index is 0.173. The fraction of sp³-hybridized carbons (Fsp3) is 0.789. The Hall–Kier alpha value is -1.32. The van der Waals surface area contributed by atoms with Gasteiger partial charge in [-0.2, -0.15) is 5.10 Å². The van der Waals surface area contributed by atoms with Gasteiger partial charge in [0.25, 0.3) is 0 Å². The Bertz CT molecular complexity index is 553. The molecule has 0 atom stereocenters. The van der Waals surface area contributed by atoms with Crippen LogP contribution >= 0.6 is 0 Å². The predicted octanol–water partition coefficient (Wildman–Crippen LogP) is 3.62. The van der Waals surface area contributed by atoms with E-state index < -0.39 is 0 Å². The molecule has 4 heteroatoms. The van der Waals surface area contributed by atoms with Crippen molar-refractivity contribution in [2.45, 2.75) is 84.2 Å². The quantitative estimate of drug-likeness (QED) is 0.804. The smallest absolute Gasteiger partial charge is 0.226 e. The highest BCUT2D eigenvalue weighted by Gasteiger charge is 2.32. The van der Waals surface area contributed by atoms with Gasteiger partial charge in [-0.15, -0.1) is 0 Å². The minimum Gasteiger partial charge on any atom is -0.333 e. The molecule has 1 aromatic heterocycles. The monoisotopic (exact) mass is 317 g/mol. The maximum absolute atomic E-state index is 13.1. The third-order valence-corrected chi connectivity index (χ3v) is 5.90. The molecular weight excluding hydrogens is 286 g/mol. The van der Waals surface area contributed by atoms with Crippen molar-refractivity contribution < 1.29 is 4.79 Å². The average molecular weight is 317 g/mol. The number of hydrogen-bond acceptors (Lipinski definition) is 2. The van der Waals surface area contributed by atoms with Gasteiger partial charge in [-0.25, -0.2) is 0 Å². The highest BCUT2D eigenvalue weighted by molar-refractivity contribution is 5.79. The average Bonchev–Trinajstić information content (AvgIpc) is 3.26. The van der Waals surface area contributed by atoms with Crippen LogP contribution in [0.4, 0.5) is 0 Å². The van der Waals surface area contributed by atoms with Gasteiger partial charge in [-0.1, -0.05) is 26.7 Å². The van der Waals surface area contributed by atoms with Gasteiger partial charge in [0.1, 0.15) is 0 Å². The number of carbonyl (C=O) groups is 1. The zero-order valence-corrected chi connectivity index (χ0v) is 15.0. The van der Waals surface area contributed by atoms with E-state index in [1.54, 1.807) is 0 Å². The number of hydrogen-bond donors (Lipinski definition) is 0. The first-order valence-electron chi connectivity index (χ1n) is 9.49. The molecule has 1 aromatic rings. The zero-order chi connectivity index (χ0) is 16.4. The van der Waals surface area contributed by atoms with E-state index in [0.29, 0.717) is 11.9 Å². The van der Waals surface area contributed by atoms with Crippen LogP contribution < -0.4 is 0 Å². The van der Waals surface area contributed by atoms with Crippen LogP contribution in [0.15, 0.2) is 0 Å². The molecule has 1 saturated carbocycles. The number of amides is 1. The first kappa shape index (κ1) is 16.5. The highest BCUT2D eigenvalue weighted by atomic mass is 16.2. The topological polar surface area (TPSA) is 38.1 Å². The van der Waals surface area contributed by atoms with Crippen LogP contribution in [0.25, 0.3) is 0 Å². The molecule has 0 saturated heterocycles. The van der Waals surface area contributed by atoms with Gasteiger partial charge >= 0.3 is 0 Å². The van der Waals surface area contributed by atoms with Crippen molar-refractivity contribution in [1.29, 1.82) is 0 Å². The van der Waals surface area contributed by atoms with E-state index in [0.717, 1.165) is 37.9 Å². The molecule has 2 aliphatic carbocycles. The summed E-state index contributed by atoms with van der Waals surface area (Å²) in [6, 6.07) is 0.433. The summed E-state index contributed by atoms with van der Waals surface area (Å²) in [5.41, 5.74) is 3.97. The summed E-state index contributed by atoms with van der Waals surface area (Å²) >= 11 is 0. The Morgan fingerprint density at radius 1 is 1.22 bits per heavy atom. The first-order valence-corrected chi connectivity index (χ1v) is 9.49. The van der Waals surface area contributed by atoms with Crippen molar-refractivity contribution in [3.05, 3.63) is 17.0 Å². The van der Waals surface area contributed by atoms with E-state index in [9.17, 15) is 4.79 Å². The van der Waals surface area contributed by atoms with Crippen molar-refractivity contribution >= 4 is 5.91 Å². The summed E-state index contributed by atoms with van der Waals surface area (Å²) in [7, 11) is 2.05. The number of fused-ring (bicyclic) bond motifs is 1.